The van der Waals surface area contributed by atoms with Crippen LogP contribution in [0.2, 0.25) is 0 Å². The standard InChI is InChI=1S/C16H15N3OS/c1-3-12-10(2)21-16(18-12)19-15(20)14-9-8-11-6-4-5-7-13(11)17-14/h4-9H,3H2,1-2H3,(H,18,19,20). The lowest BCUT2D eigenvalue weighted by Gasteiger charge is -2.02. The Balaban J connectivity index is 1.86. The van der Waals surface area contributed by atoms with Gasteiger partial charge in [0, 0.05) is 10.3 Å². The molecule has 1 N–H and O–H groups in total. The van der Waals surface area contributed by atoms with Gasteiger partial charge in [0.15, 0.2) is 5.13 Å². The quantitative estimate of drug-likeness (QED) is 0.799. The molecule has 0 atom stereocenters. The van der Waals surface area contributed by atoms with Gasteiger partial charge in [0.25, 0.3) is 5.91 Å². The number of carbonyl (C=O) groups is 1. The first-order valence-corrected chi connectivity index (χ1v) is 7.62. The number of rotatable bonds is 3. The van der Waals surface area contributed by atoms with E-state index in [0.717, 1.165) is 27.9 Å². The second-order valence-electron chi connectivity index (χ2n) is 4.72. The fourth-order valence-corrected chi connectivity index (χ4v) is 3.06. The number of pyridine rings is 1. The van der Waals surface area contributed by atoms with E-state index in [1.54, 1.807) is 6.07 Å². The highest BCUT2D eigenvalue weighted by Crippen LogP contribution is 2.23. The summed E-state index contributed by atoms with van der Waals surface area (Å²) in [5, 5.41) is 4.47. The third-order valence-electron chi connectivity index (χ3n) is 3.28. The SMILES string of the molecule is CCc1nc(NC(=O)c2ccc3ccccc3n2)sc1C. The average molecular weight is 297 g/mol. The zero-order valence-electron chi connectivity index (χ0n) is 11.9. The zero-order valence-corrected chi connectivity index (χ0v) is 12.7. The molecule has 5 heteroatoms. The van der Waals surface area contributed by atoms with Crippen LogP contribution in [0.15, 0.2) is 36.4 Å². The number of carbonyl (C=O) groups excluding carboxylic acids is 1. The van der Waals surface area contributed by atoms with Crippen molar-refractivity contribution < 1.29 is 4.79 Å². The Morgan fingerprint density at radius 3 is 2.76 bits per heavy atom. The van der Waals surface area contributed by atoms with Crippen LogP contribution >= 0.6 is 11.3 Å². The van der Waals surface area contributed by atoms with Crippen molar-refractivity contribution in [3.63, 3.8) is 0 Å². The first kappa shape index (κ1) is 13.7. The number of hydrogen-bond donors (Lipinski definition) is 1. The Hall–Kier alpha value is -2.27. The summed E-state index contributed by atoms with van der Waals surface area (Å²) in [7, 11) is 0. The molecule has 0 unspecified atom stereocenters. The van der Waals surface area contributed by atoms with Crippen LogP contribution in [0.1, 0.15) is 28.0 Å². The van der Waals surface area contributed by atoms with E-state index < -0.39 is 0 Å². The lowest BCUT2D eigenvalue weighted by molar-refractivity contribution is 0.102. The summed E-state index contributed by atoms with van der Waals surface area (Å²) >= 11 is 1.49. The highest BCUT2D eigenvalue weighted by atomic mass is 32.1. The van der Waals surface area contributed by atoms with Crippen LogP contribution in [0.3, 0.4) is 0 Å². The number of amides is 1. The van der Waals surface area contributed by atoms with Gasteiger partial charge in [-0.05, 0) is 25.5 Å². The molecule has 4 nitrogen and oxygen atoms in total. The molecular formula is C16H15N3OS. The molecule has 2 aromatic heterocycles. The first-order chi connectivity index (χ1) is 10.2. The predicted molar refractivity (Wildman–Crippen MR) is 85.9 cm³/mol. The van der Waals surface area contributed by atoms with Crippen LogP contribution in [0, 0.1) is 6.92 Å². The Labute approximate surface area is 126 Å². The Morgan fingerprint density at radius 2 is 2.00 bits per heavy atom. The van der Waals surface area contributed by atoms with Crippen LogP contribution in [-0.4, -0.2) is 15.9 Å². The minimum absolute atomic E-state index is 0.225. The van der Waals surface area contributed by atoms with Gasteiger partial charge in [0.1, 0.15) is 5.69 Å². The van der Waals surface area contributed by atoms with E-state index in [2.05, 4.69) is 22.2 Å². The monoisotopic (exact) mass is 297 g/mol. The molecule has 0 aliphatic heterocycles. The largest absolute Gasteiger partial charge is 0.296 e. The molecular weight excluding hydrogens is 282 g/mol. The summed E-state index contributed by atoms with van der Waals surface area (Å²) in [6, 6.07) is 11.4. The number of para-hydroxylation sites is 1. The minimum atomic E-state index is -0.225. The molecule has 0 fully saturated rings. The van der Waals surface area contributed by atoms with Gasteiger partial charge in [-0.25, -0.2) is 9.97 Å². The third-order valence-corrected chi connectivity index (χ3v) is 4.21. The molecule has 0 saturated carbocycles. The van der Waals surface area contributed by atoms with E-state index in [9.17, 15) is 4.79 Å². The molecule has 1 aromatic carbocycles. The second-order valence-corrected chi connectivity index (χ2v) is 5.92. The molecule has 0 aliphatic carbocycles. The number of benzene rings is 1. The van der Waals surface area contributed by atoms with Gasteiger partial charge in [-0.3, -0.25) is 10.1 Å². The van der Waals surface area contributed by atoms with Gasteiger partial charge >= 0.3 is 0 Å². The van der Waals surface area contributed by atoms with Gasteiger partial charge in [-0.15, -0.1) is 11.3 Å². The molecule has 2 heterocycles. The maximum absolute atomic E-state index is 12.3. The number of hydrogen-bond acceptors (Lipinski definition) is 4. The van der Waals surface area contributed by atoms with E-state index in [0.29, 0.717) is 10.8 Å². The molecule has 3 rings (SSSR count). The maximum Gasteiger partial charge on any atom is 0.276 e. The van der Waals surface area contributed by atoms with Gasteiger partial charge in [-0.1, -0.05) is 31.2 Å². The molecule has 0 aliphatic rings. The lowest BCUT2D eigenvalue weighted by Crippen LogP contribution is -2.13. The predicted octanol–water partition coefficient (Wildman–Crippen LogP) is 3.81. The first-order valence-electron chi connectivity index (χ1n) is 6.81. The van der Waals surface area contributed by atoms with Gasteiger partial charge in [0.2, 0.25) is 0 Å². The van der Waals surface area contributed by atoms with Crippen LogP contribution in [-0.2, 0) is 6.42 Å². The summed E-state index contributed by atoms with van der Waals surface area (Å²) in [5.74, 6) is -0.225. The molecule has 3 aromatic rings. The van der Waals surface area contributed by atoms with E-state index in [-0.39, 0.29) is 5.91 Å². The van der Waals surface area contributed by atoms with E-state index >= 15 is 0 Å². The van der Waals surface area contributed by atoms with Crippen molar-refractivity contribution in [3.8, 4) is 0 Å². The third kappa shape index (κ3) is 2.78. The second kappa shape index (κ2) is 5.61. The van der Waals surface area contributed by atoms with Crippen molar-refractivity contribution in [2.75, 3.05) is 5.32 Å². The number of fused-ring (bicyclic) bond motifs is 1. The summed E-state index contributed by atoms with van der Waals surface area (Å²) in [6.45, 7) is 4.07. The molecule has 0 spiro atoms. The van der Waals surface area contributed by atoms with E-state index in [1.807, 2.05) is 37.3 Å². The van der Waals surface area contributed by atoms with E-state index in [4.69, 9.17) is 0 Å². The number of anilines is 1. The summed E-state index contributed by atoms with van der Waals surface area (Å²) in [6.07, 6.45) is 0.867. The average Bonchev–Trinajstić information content (AvgIpc) is 2.86. The van der Waals surface area contributed by atoms with Crippen LogP contribution in [0.4, 0.5) is 5.13 Å². The van der Waals surface area contributed by atoms with Crippen molar-refractivity contribution in [1.29, 1.82) is 0 Å². The Kier molecular flexibility index (Phi) is 3.66. The van der Waals surface area contributed by atoms with Crippen molar-refractivity contribution in [2.24, 2.45) is 0 Å². The van der Waals surface area contributed by atoms with Crippen LogP contribution in [0.25, 0.3) is 10.9 Å². The normalized spacial score (nSPS) is 10.8. The molecule has 0 saturated heterocycles. The Bertz CT molecular complexity index is 810. The smallest absolute Gasteiger partial charge is 0.276 e. The minimum Gasteiger partial charge on any atom is -0.296 e. The molecule has 106 valence electrons. The summed E-state index contributed by atoms with van der Waals surface area (Å²) in [4.78, 5) is 22.2. The Morgan fingerprint density at radius 1 is 1.19 bits per heavy atom. The zero-order chi connectivity index (χ0) is 14.8. The van der Waals surface area contributed by atoms with Crippen molar-refractivity contribution in [1.82, 2.24) is 9.97 Å². The van der Waals surface area contributed by atoms with Gasteiger partial charge in [-0.2, -0.15) is 0 Å². The summed E-state index contributed by atoms with van der Waals surface area (Å²) < 4.78 is 0. The molecule has 21 heavy (non-hydrogen) atoms. The van der Waals surface area contributed by atoms with Crippen molar-refractivity contribution in [3.05, 3.63) is 52.7 Å². The van der Waals surface area contributed by atoms with E-state index in [1.165, 1.54) is 11.3 Å². The highest BCUT2D eigenvalue weighted by Gasteiger charge is 2.12. The number of aromatic nitrogens is 2. The fraction of sp³-hybridized carbons (Fsp3) is 0.188. The number of nitrogens with one attached hydrogen (secondary N) is 1. The van der Waals surface area contributed by atoms with Gasteiger partial charge < -0.3 is 0 Å². The van der Waals surface area contributed by atoms with Crippen LogP contribution < -0.4 is 5.32 Å². The lowest BCUT2D eigenvalue weighted by atomic mass is 10.2. The molecule has 0 radical (unpaired) electrons. The number of aryl methyl sites for hydroxylation is 2. The van der Waals surface area contributed by atoms with Crippen molar-refractivity contribution >= 4 is 33.3 Å². The number of nitrogens with zero attached hydrogens (tertiary/aromatic N) is 2. The molecule has 1 amide bonds. The maximum atomic E-state index is 12.3. The summed E-state index contributed by atoms with van der Waals surface area (Å²) in [5.41, 5.74) is 2.25. The highest BCUT2D eigenvalue weighted by molar-refractivity contribution is 7.15. The van der Waals surface area contributed by atoms with Crippen LogP contribution in [0.5, 0.6) is 0 Å². The molecule has 0 bridgehead atoms. The van der Waals surface area contributed by atoms with Gasteiger partial charge in [0.05, 0.1) is 11.2 Å². The van der Waals surface area contributed by atoms with Crippen molar-refractivity contribution in [2.45, 2.75) is 20.3 Å². The number of thiazole rings is 1. The fourth-order valence-electron chi connectivity index (χ4n) is 2.16. The topological polar surface area (TPSA) is 54.9 Å².